The predicted molar refractivity (Wildman–Crippen MR) is 95.8 cm³/mol. The molecular weight excluding hydrogens is 362 g/mol. The van der Waals surface area contributed by atoms with Gasteiger partial charge in [0.15, 0.2) is 0 Å². The van der Waals surface area contributed by atoms with Crippen molar-refractivity contribution in [2.75, 3.05) is 18.4 Å². The third-order valence-corrected chi connectivity index (χ3v) is 6.25. The molecule has 0 spiro atoms. The number of nitrogens with zero attached hydrogens (tertiary/aromatic N) is 2. The Labute approximate surface area is 151 Å². The van der Waals surface area contributed by atoms with Crippen molar-refractivity contribution in [2.45, 2.75) is 17.7 Å². The van der Waals surface area contributed by atoms with E-state index in [9.17, 15) is 13.2 Å². The molecule has 3 rings (SSSR count). The lowest BCUT2D eigenvalue weighted by Gasteiger charge is -2.31. The third-order valence-electron chi connectivity index (χ3n) is 4.12. The molecule has 1 aromatic heterocycles. The molecule has 0 bridgehead atoms. The van der Waals surface area contributed by atoms with Crippen molar-refractivity contribution in [3.63, 3.8) is 0 Å². The van der Waals surface area contributed by atoms with Gasteiger partial charge in [0.25, 0.3) is 0 Å². The first-order valence-corrected chi connectivity index (χ1v) is 9.76. The Bertz CT molecular complexity index is 841. The van der Waals surface area contributed by atoms with Gasteiger partial charge >= 0.3 is 0 Å². The van der Waals surface area contributed by atoms with Crippen LogP contribution in [0.4, 0.5) is 5.82 Å². The van der Waals surface area contributed by atoms with Crippen molar-refractivity contribution < 1.29 is 13.2 Å². The van der Waals surface area contributed by atoms with Gasteiger partial charge in [-0.1, -0.05) is 17.7 Å². The molecule has 2 heterocycles. The molecule has 132 valence electrons. The van der Waals surface area contributed by atoms with E-state index in [-0.39, 0.29) is 17.3 Å². The molecule has 25 heavy (non-hydrogen) atoms. The zero-order valence-corrected chi connectivity index (χ0v) is 15.0. The van der Waals surface area contributed by atoms with E-state index < -0.39 is 15.9 Å². The molecule has 2 aromatic rings. The number of hydrogen-bond donors (Lipinski definition) is 1. The van der Waals surface area contributed by atoms with Gasteiger partial charge in [0.2, 0.25) is 15.9 Å². The minimum absolute atomic E-state index is 0.156. The molecule has 1 amide bonds. The number of pyridine rings is 1. The lowest BCUT2D eigenvalue weighted by atomic mass is 9.99. The van der Waals surface area contributed by atoms with E-state index in [1.54, 1.807) is 36.5 Å². The van der Waals surface area contributed by atoms with Crippen LogP contribution in [0.25, 0.3) is 0 Å². The van der Waals surface area contributed by atoms with Gasteiger partial charge in [-0.25, -0.2) is 13.4 Å². The number of halogens is 1. The average molecular weight is 380 g/mol. The van der Waals surface area contributed by atoms with Gasteiger partial charge in [-0.2, -0.15) is 4.31 Å². The summed E-state index contributed by atoms with van der Waals surface area (Å²) in [5, 5.41) is 3.22. The van der Waals surface area contributed by atoms with Crippen LogP contribution in [0.3, 0.4) is 0 Å². The number of carbonyl (C=O) groups is 1. The van der Waals surface area contributed by atoms with Gasteiger partial charge in [0, 0.05) is 24.3 Å². The molecule has 1 fully saturated rings. The van der Waals surface area contributed by atoms with E-state index in [0.717, 1.165) is 0 Å². The molecule has 0 aliphatic carbocycles. The highest BCUT2D eigenvalue weighted by molar-refractivity contribution is 7.89. The fourth-order valence-electron chi connectivity index (χ4n) is 2.80. The molecule has 0 unspecified atom stereocenters. The van der Waals surface area contributed by atoms with Crippen LogP contribution in [0.5, 0.6) is 0 Å². The van der Waals surface area contributed by atoms with Crippen LogP contribution in [0.1, 0.15) is 12.8 Å². The van der Waals surface area contributed by atoms with Gasteiger partial charge in [-0.3, -0.25) is 4.79 Å². The highest BCUT2D eigenvalue weighted by Crippen LogP contribution is 2.25. The van der Waals surface area contributed by atoms with Crippen LogP contribution in [-0.2, 0) is 14.8 Å². The van der Waals surface area contributed by atoms with Crippen LogP contribution in [0.2, 0.25) is 5.02 Å². The SMILES string of the molecule is O=C(Nc1ccccn1)[C@@H]1CCCN(S(=O)(=O)c2ccc(Cl)cc2)C1. The number of piperidine rings is 1. The molecule has 1 saturated heterocycles. The van der Waals surface area contributed by atoms with Gasteiger partial charge in [0.05, 0.1) is 10.8 Å². The molecule has 0 radical (unpaired) electrons. The van der Waals surface area contributed by atoms with E-state index in [4.69, 9.17) is 11.6 Å². The Morgan fingerprint density at radius 2 is 1.96 bits per heavy atom. The van der Waals surface area contributed by atoms with Crippen LogP contribution >= 0.6 is 11.6 Å². The molecule has 0 saturated carbocycles. The summed E-state index contributed by atoms with van der Waals surface area (Å²) in [6, 6.07) is 11.3. The normalized spacial score (nSPS) is 18.7. The number of carbonyl (C=O) groups excluding carboxylic acids is 1. The fourth-order valence-corrected chi connectivity index (χ4v) is 4.45. The van der Waals surface area contributed by atoms with E-state index in [1.165, 1.54) is 16.4 Å². The van der Waals surface area contributed by atoms with Gasteiger partial charge in [-0.15, -0.1) is 0 Å². The second-order valence-electron chi connectivity index (χ2n) is 5.86. The number of amides is 1. The number of aromatic nitrogens is 1. The molecule has 1 aliphatic heterocycles. The van der Waals surface area contributed by atoms with Crippen molar-refractivity contribution in [1.82, 2.24) is 9.29 Å². The lowest BCUT2D eigenvalue weighted by Crippen LogP contribution is -2.43. The summed E-state index contributed by atoms with van der Waals surface area (Å²) < 4.78 is 26.9. The summed E-state index contributed by atoms with van der Waals surface area (Å²) in [5.41, 5.74) is 0. The lowest BCUT2D eigenvalue weighted by molar-refractivity contribution is -0.120. The maximum atomic E-state index is 12.8. The summed E-state index contributed by atoms with van der Waals surface area (Å²) >= 11 is 5.82. The van der Waals surface area contributed by atoms with Gasteiger partial charge < -0.3 is 5.32 Å². The largest absolute Gasteiger partial charge is 0.310 e. The monoisotopic (exact) mass is 379 g/mol. The summed E-state index contributed by atoms with van der Waals surface area (Å²) in [7, 11) is -3.64. The Balaban J connectivity index is 1.72. The average Bonchev–Trinajstić information content (AvgIpc) is 2.63. The summed E-state index contributed by atoms with van der Waals surface area (Å²) in [6.45, 7) is 0.557. The van der Waals surface area contributed by atoms with E-state index in [2.05, 4.69) is 10.3 Å². The molecule has 1 aromatic carbocycles. The van der Waals surface area contributed by atoms with Crippen LogP contribution in [0.15, 0.2) is 53.6 Å². The smallest absolute Gasteiger partial charge is 0.243 e. The number of hydrogen-bond acceptors (Lipinski definition) is 4. The quantitative estimate of drug-likeness (QED) is 0.885. The second kappa shape index (κ2) is 7.51. The van der Waals surface area contributed by atoms with Gasteiger partial charge in [-0.05, 0) is 49.2 Å². The second-order valence-corrected chi connectivity index (χ2v) is 8.23. The van der Waals surface area contributed by atoms with Crippen LogP contribution in [-0.4, -0.2) is 36.7 Å². The standard InChI is InChI=1S/C17H18ClN3O3S/c18-14-6-8-15(9-7-14)25(23,24)21-11-3-4-13(12-21)17(22)20-16-5-1-2-10-19-16/h1-2,5-10,13H,3-4,11-12H2,(H,19,20,22)/t13-/m1/s1. The molecule has 1 N–H and O–H groups in total. The van der Waals surface area contributed by atoms with Crippen molar-refractivity contribution >= 4 is 33.3 Å². The number of anilines is 1. The predicted octanol–water partition coefficient (Wildman–Crippen LogP) is 2.77. The Hall–Kier alpha value is -1.96. The Morgan fingerprint density at radius 1 is 1.20 bits per heavy atom. The topological polar surface area (TPSA) is 79.4 Å². The van der Waals surface area contributed by atoms with Gasteiger partial charge in [0.1, 0.15) is 5.82 Å². The molecule has 8 heteroatoms. The summed E-state index contributed by atoms with van der Waals surface area (Å²) in [4.78, 5) is 16.7. The zero-order chi connectivity index (χ0) is 17.9. The maximum absolute atomic E-state index is 12.8. The van der Waals surface area contributed by atoms with Crippen molar-refractivity contribution in [1.29, 1.82) is 0 Å². The minimum atomic E-state index is -3.64. The Kier molecular flexibility index (Phi) is 5.36. The van der Waals surface area contributed by atoms with Crippen molar-refractivity contribution in [2.24, 2.45) is 5.92 Å². The first-order valence-electron chi connectivity index (χ1n) is 7.94. The van der Waals surface area contributed by atoms with Crippen LogP contribution in [0, 0.1) is 5.92 Å². The number of rotatable bonds is 4. The third kappa shape index (κ3) is 4.18. The first-order chi connectivity index (χ1) is 12.0. The number of sulfonamides is 1. The van der Waals surface area contributed by atoms with Crippen LogP contribution < -0.4 is 5.32 Å². The Morgan fingerprint density at radius 3 is 2.64 bits per heavy atom. The van der Waals surface area contributed by atoms with E-state index in [1.807, 2.05) is 0 Å². The fraction of sp³-hybridized carbons (Fsp3) is 0.294. The number of benzene rings is 1. The highest BCUT2D eigenvalue weighted by atomic mass is 35.5. The maximum Gasteiger partial charge on any atom is 0.243 e. The van der Waals surface area contributed by atoms with Crippen molar-refractivity contribution in [3.05, 3.63) is 53.7 Å². The van der Waals surface area contributed by atoms with Crippen molar-refractivity contribution in [3.8, 4) is 0 Å². The van der Waals surface area contributed by atoms with E-state index >= 15 is 0 Å². The number of nitrogens with one attached hydrogen (secondary N) is 1. The molecule has 1 atom stereocenters. The molecule has 6 nitrogen and oxygen atoms in total. The molecule has 1 aliphatic rings. The minimum Gasteiger partial charge on any atom is -0.310 e. The summed E-state index contributed by atoms with van der Waals surface area (Å²) in [5.74, 6) is -0.155. The first kappa shape index (κ1) is 17.8. The zero-order valence-electron chi connectivity index (χ0n) is 13.4. The van der Waals surface area contributed by atoms with E-state index in [0.29, 0.717) is 30.2 Å². The summed E-state index contributed by atoms with van der Waals surface area (Å²) in [6.07, 6.45) is 2.87. The molecular formula is C17H18ClN3O3S. The highest BCUT2D eigenvalue weighted by Gasteiger charge is 2.33.